The fourth-order valence-corrected chi connectivity index (χ4v) is 1.04. The molecule has 1 unspecified atom stereocenters. The molecule has 1 rings (SSSR count). The number of aliphatic hydroxyl groups is 1. The largest absolute Gasteiger partial charge is 0.488 e. The molecule has 70 valence electrons. The molecule has 0 aliphatic rings. The van der Waals surface area contributed by atoms with Crippen LogP contribution in [-0.2, 0) is 0 Å². The predicted molar refractivity (Wildman–Crippen MR) is 46.9 cm³/mol. The quantitative estimate of drug-likeness (QED) is 0.546. The van der Waals surface area contributed by atoms with Gasteiger partial charge in [-0.3, -0.25) is 0 Å². The lowest BCUT2D eigenvalue weighted by Crippen LogP contribution is -2.30. The van der Waals surface area contributed by atoms with Gasteiger partial charge in [0.1, 0.15) is 5.82 Å². The van der Waals surface area contributed by atoms with E-state index >= 15 is 0 Å². The van der Waals surface area contributed by atoms with Crippen molar-refractivity contribution in [3.05, 3.63) is 29.6 Å². The van der Waals surface area contributed by atoms with Crippen molar-refractivity contribution in [1.29, 1.82) is 0 Å². The summed E-state index contributed by atoms with van der Waals surface area (Å²) in [6.07, 6.45) is -0.898. The molecule has 0 saturated heterocycles. The molecule has 0 fully saturated rings. The summed E-state index contributed by atoms with van der Waals surface area (Å²) in [4.78, 5) is 0. The lowest BCUT2D eigenvalue weighted by molar-refractivity contribution is 0.194. The van der Waals surface area contributed by atoms with Crippen LogP contribution in [0.3, 0.4) is 0 Å². The van der Waals surface area contributed by atoms with Crippen LogP contribution >= 0.6 is 0 Å². The molecule has 3 N–H and O–H groups in total. The van der Waals surface area contributed by atoms with Crippen LogP contribution in [0.15, 0.2) is 18.2 Å². The molecule has 0 aliphatic carbocycles. The first-order valence-electron chi connectivity index (χ1n) is 3.86. The maximum absolute atomic E-state index is 13.1. The Morgan fingerprint density at radius 3 is 2.38 bits per heavy atom. The zero-order chi connectivity index (χ0) is 10.0. The fourth-order valence-electron chi connectivity index (χ4n) is 1.04. The van der Waals surface area contributed by atoms with Gasteiger partial charge in [-0.1, -0.05) is 12.1 Å². The third-order valence-corrected chi connectivity index (χ3v) is 1.77. The normalized spacial score (nSPS) is 12.7. The van der Waals surface area contributed by atoms with Crippen LogP contribution in [0.5, 0.6) is 0 Å². The number of hydrogen-bond donors (Lipinski definition) is 3. The van der Waals surface area contributed by atoms with Gasteiger partial charge < -0.3 is 15.2 Å². The minimum Gasteiger partial charge on any atom is -0.423 e. The Morgan fingerprint density at radius 2 is 2.00 bits per heavy atom. The van der Waals surface area contributed by atoms with E-state index in [-0.39, 0.29) is 11.0 Å². The highest BCUT2D eigenvalue weighted by Gasteiger charge is 2.14. The van der Waals surface area contributed by atoms with E-state index in [1.54, 1.807) is 0 Å². The van der Waals surface area contributed by atoms with Crippen LogP contribution in [0.2, 0.25) is 0 Å². The summed E-state index contributed by atoms with van der Waals surface area (Å²) in [5.41, 5.74) is 0.214. The van der Waals surface area contributed by atoms with Gasteiger partial charge in [-0.25, -0.2) is 4.39 Å². The van der Waals surface area contributed by atoms with Gasteiger partial charge in [-0.15, -0.1) is 0 Å². The summed E-state index contributed by atoms with van der Waals surface area (Å²) in [5.74, 6) is -0.638. The number of benzene rings is 1. The second-order valence-corrected chi connectivity index (χ2v) is 2.83. The summed E-state index contributed by atoms with van der Waals surface area (Å²) in [6.45, 7) is 1.44. The first kappa shape index (κ1) is 10.2. The van der Waals surface area contributed by atoms with Gasteiger partial charge in [0.15, 0.2) is 0 Å². The Hall–Kier alpha value is -0.905. The molecule has 3 nitrogen and oxygen atoms in total. The van der Waals surface area contributed by atoms with Gasteiger partial charge in [0.2, 0.25) is 0 Å². The van der Waals surface area contributed by atoms with Crippen molar-refractivity contribution in [2.24, 2.45) is 0 Å². The van der Waals surface area contributed by atoms with E-state index in [2.05, 4.69) is 0 Å². The molecule has 0 spiro atoms. The van der Waals surface area contributed by atoms with E-state index in [0.717, 1.165) is 6.07 Å². The van der Waals surface area contributed by atoms with Crippen molar-refractivity contribution in [3.63, 3.8) is 0 Å². The minimum absolute atomic E-state index is 0.0712. The number of halogens is 1. The maximum atomic E-state index is 13.1. The first-order chi connectivity index (χ1) is 6.02. The summed E-state index contributed by atoms with van der Waals surface area (Å²) in [7, 11) is -1.68. The smallest absolute Gasteiger partial charge is 0.423 e. The van der Waals surface area contributed by atoms with Crippen LogP contribution in [0, 0.1) is 5.82 Å². The van der Waals surface area contributed by atoms with Crippen LogP contribution in [0.25, 0.3) is 0 Å². The molecule has 0 amide bonds. The second kappa shape index (κ2) is 3.87. The zero-order valence-electron chi connectivity index (χ0n) is 7.11. The molecular weight excluding hydrogens is 174 g/mol. The van der Waals surface area contributed by atoms with Gasteiger partial charge in [0.05, 0.1) is 6.10 Å². The van der Waals surface area contributed by atoms with Crippen LogP contribution in [0.4, 0.5) is 4.39 Å². The molecule has 1 aromatic rings. The topological polar surface area (TPSA) is 60.7 Å². The Labute approximate surface area is 75.6 Å². The molecule has 1 atom stereocenters. The van der Waals surface area contributed by atoms with E-state index in [0.29, 0.717) is 0 Å². The molecule has 1 aromatic carbocycles. The van der Waals surface area contributed by atoms with E-state index in [9.17, 15) is 4.39 Å². The third-order valence-electron chi connectivity index (χ3n) is 1.77. The van der Waals surface area contributed by atoms with E-state index < -0.39 is 19.0 Å². The summed E-state index contributed by atoms with van der Waals surface area (Å²) in [6, 6.07) is 3.68. The standard InChI is InChI=1S/C8H10BFO3/c1-5(11)7-3-2-6(9(12)13)4-8(7)10/h2-5,11-13H,1H3. The highest BCUT2D eigenvalue weighted by atomic mass is 19.1. The zero-order valence-corrected chi connectivity index (χ0v) is 7.11. The minimum atomic E-state index is -1.68. The molecule has 13 heavy (non-hydrogen) atoms. The average Bonchev–Trinajstić information content (AvgIpc) is 2.03. The summed E-state index contributed by atoms with van der Waals surface area (Å²) in [5, 5.41) is 26.5. The Balaban J connectivity index is 3.06. The van der Waals surface area contributed by atoms with E-state index in [1.165, 1.54) is 19.1 Å². The first-order valence-corrected chi connectivity index (χ1v) is 3.86. The van der Waals surface area contributed by atoms with E-state index in [4.69, 9.17) is 15.2 Å². The van der Waals surface area contributed by atoms with Crippen molar-refractivity contribution >= 4 is 12.6 Å². The highest BCUT2D eigenvalue weighted by molar-refractivity contribution is 6.58. The van der Waals surface area contributed by atoms with Gasteiger partial charge in [-0.05, 0) is 18.5 Å². The molecular formula is C8H10BFO3. The van der Waals surface area contributed by atoms with Gasteiger partial charge in [0, 0.05) is 5.56 Å². The van der Waals surface area contributed by atoms with Crippen molar-refractivity contribution in [2.45, 2.75) is 13.0 Å². The van der Waals surface area contributed by atoms with Gasteiger partial charge in [-0.2, -0.15) is 0 Å². The lowest BCUT2D eigenvalue weighted by atomic mass is 9.80. The highest BCUT2D eigenvalue weighted by Crippen LogP contribution is 2.14. The molecule has 0 aliphatic heterocycles. The van der Waals surface area contributed by atoms with Crippen molar-refractivity contribution in [2.75, 3.05) is 0 Å². The third kappa shape index (κ3) is 2.27. The Morgan fingerprint density at radius 1 is 1.38 bits per heavy atom. The molecule has 0 heterocycles. The van der Waals surface area contributed by atoms with Crippen molar-refractivity contribution in [3.8, 4) is 0 Å². The lowest BCUT2D eigenvalue weighted by Gasteiger charge is -2.07. The molecule has 0 bridgehead atoms. The monoisotopic (exact) mass is 184 g/mol. The molecule has 0 aromatic heterocycles. The summed E-state index contributed by atoms with van der Waals surface area (Å²) < 4.78 is 13.1. The molecule has 0 saturated carbocycles. The number of rotatable bonds is 2. The second-order valence-electron chi connectivity index (χ2n) is 2.83. The number of hydrogen-bond acceptors (Lipinski definition) is 3. The maximum Gasteiger partial charge on any atom is 0.488 e. The van der Waals surface area contributed by atoms with Crippen molar-refractivity contribution in [1.82, 2.24) is 0 Å². The Kier molecular flexibility index (Phi) is 3.03. The van der Waals surface area contributed by atoms with E-state index in [1.807, 2.05) is 0 Å². The Bertz CT molecular complexity index is 301. The average molecular weight is 184 g/mol. The van der Waals surface area contributed by atoms with Crippen LogP contribution in [0.1, 0.15) is 18.6 Å². The van der Waals surface area contributed by atoms with Crippen molar-refractivity contribution < 1.29 is 19.5 Å². The van der Waals surface area contributed by atoms with Crippen LogP contribution < -0.4 is 5.46 Å². The SMILES string of the molecule is CC(O)c1ccc(B(O)O)cc1F. The molecule has 5 heteroatoms. The molecule has 0 radical (unpaired) electrons. The van der Waals surface area contributed by atoms with Gasteiger partial charge >= 0.3 is 7.12 Å². The van der Waals surface area contributed by atoms with Gasteiger partial charge in [0.25, 0.3) is 0 Å². The fraction of sp³-hybridized carbons (Fsp3) is 0.250. The predicted octanol–water partition coefficient (Wildman–Crippen LogP) is -0.441. The number of aliphatic hydroxyl groups excluding tert-OH is 1. The van der Waals surface area contributed by atoms with Crippen LogP contribution in [-0.4, -0.2) is 22.3 Å². The summed E-state index contributed by atoms with van der Waals surface area (Å²) >= 11 is 0.